The largest absolute Gasteiger partial charge is 0.355 e. The summed E-state index contributed by atoms with van der Waals surface area (Å²) in [7, 11) is 3.95. The van der Waals surface area contributed by atoms with E-state index in [1.54, 1.807) is 0 Å². The van der Waals surface area contributed by atoms with Crippen LogP contribution in [0.1, 0.15) is 25.8 Å². The second-order valence-corrected chi connectivity index (χ2v) is 7.65. The summed E-state index contributed by atoms with van der Waals surface area (Å²) in [5, 5.41) is 2.98. The van der Waals surface area contributed by atoms with Gasteiger partial charge in [0.15, 0.2) is 0 Å². The molecule has 1 aromatic rings. The summed E-state index contributed by atoms with van der Waals surface area (Å²) in [6.07, 6.45) is 0.630. The molecule has 0 unspecified atom stereocenters. The zero-order valence-electron chi connectivity index (χ0n) is 15.0. The highest BCUT2D eigenvalue weighted by Crippen LogP contribution is 2.61. The first-order valence-corrected chi connectivity index (χ1v) is 8.72. The number of anilines is 1. The molecule has 130 valence electrons. The molecule has 0 aromatic heterocycles. The maximum atomic E-state index is 13.1. The van der Waals surface area contributed by atoms with Crippen molar-refractivity contribution in [3.8, 4) is 0 Å². The smallest absolute Gasteiger partial charge is 0.238 e. The number of carbonyl (C=O) groups excluding carboxylic acids is 2. The first-order valence-electron chi connectivity index (χ1n) is 8.72. The molecule has 2 aliphatic rings. The maximum absolute atomic E-state index is 13.1. The number of benzene rings is 1. The van der Waals surface area contributed by atoms with Gasteiger partial charge in [0.1, 0.15) is 0 Å². The van der Waals surface area contributed by atoms with Crippen LogP contribution in [0.4, 0.5) is 5.69 Å². The minimum atomic E-state index is -0.617. The number of rotatable bonds is 6. The molecule has 5 nitrogen and oxygen atoms in total. The van der Waals surface area contributed by atoms with Gasteiger partial charge in [0.25, 0.3) is 0 Å². The van der Waals surface area contributed by atoms with Gasteiger partial charge in [-0.05, 0) is 38.1 Å². The summed E-state index contributed by atoms with van der Waals surface area (Å²) in [5.41, 5.74) is 1.40. The van der Waals surface area contributed by atoms with E-state index >= 15 is 0 Å². The van der Waals surface area contributed by atoms with Crippen LogP contribution in [0.25, 0.3) is 0 Å². The molecule has 3 rings (SSSR count). The molecule has 1 aliphatic heterocycles. The summed E-state index contributed by atoms with van der Waals surface area (Å²) < 4.78 is 0. The van der Waals surface area contributed by atoms with Crippen molar-refractivity contribution in [2.75, 3.05) is 38.6 Å². The van der Waals surface area contributed by atoms with Crippen molar-refractivity contribution in [2.45, 2.75) is 25.7 Å². The fraction of sp³-hybridized carbons (Fsp3) is 0.579. The third-order valence-electron chi connectivity index (χ3n) is 4.99. The number of nitrogens with zero attached hydrogens (tertiary/aromatic N) is 2. The highest BCUT2D eigenvalue weighted by Gasteiger charge is 2.69. The number of fused-ring (bicyclic) bond motifs is 2. The number of hydrogen-bond donors (Lipinski definition) is 1. The minimum Gasteiger partial charge on any atom is -0.355 e. The summed E-state index contributed by atoms with van der Waals surface area (Å²) in [5.74, 6) is 0.269. The van der Waals surface area contributed by atoms with Gasteiger partial charge in [0.2, 0.25) is 11.8 Å². The van der Waals surface area contributed by atoms with E-state index in [-0.39, 0.29) is 17.7 Å². The number of nitrogens with one attached hydrogen (secondary N) is 1. The second kappa shape index (κ2) is 6.20. The Morgan fingerprint density at radius 1 is 1.38 bits per heavy atom. The molecule has 2 amide bonds. The number of carbonyl (C=O) groups is 2. The van der Waals surface area contributed by atoms with Crippen molar-refractivity contribution in [1.82, 2.24) is 10.2 Å². The van der Waals surface area contributed by atoms with E-state index in [1.165, 1.54) is 0 Å². The number of amides is 2. The van der Waals surface area contributed by atoms with Gasteiger partial charge < -0.3 is 15.1 Å². The molecular weight excluding hydrogens is 302 g/mol. The van der Waals surface area contributed by atoms with Gasteiger partial charge >= 0.3 is 0 Å². The van der Waals surface area contributed by atoms with Gasteiger partial charge in [-0.25, -0.2) is 0 Å². The van der Waals surface area contributed by atoms with Crippen LogP contribution in [0, 0.1) is 11.8 Å². The van der Waals surface area contributed by atoms with Crippen LogP contribution in [0.3, 0.4) is 0 Å². The Kier molecular flexibility index (Phi) is 4.38. The molecule has 1 aromatic carbocycles. The Hall–Kier alpha value is -1.88. The summed E-state index contributed by atoms with van der Waals surface area (Å²) in [4.78, 5) is 29.6. The quantitative estimate of drug-likeness (QED) is 0.863. The van der Waals surface area contributed by atoms with Crippen molar-refractivity contribution >= 4 is 17.5 Å². The third-order valence-corrected chi connectivity index (χ3v) is 4.99. The van der Waals surface area contributed by atoms with Crippen LogP contribution in [0.2, 0.25) is 0 Å². The zero-order chi connectivity index (χ0) is 17.5. The molecule has 1 N–H and O–H groups in total. The Labute approximate surface area is 144 Å². The molecule has 2 atom stereocenters. The Morgan fingerprint density at radius 2 is 2.08 bits per heavy atom. The van der Waals surface area contributed by atoms with Crippen molar-refractivity contribution < 1.29 is 9.59 Å². The fourth-order valence-corrected chi connectivity index (χ4v) is 3.74. The summed E-state index contributed by atoms with van der Waals surface area (Å²) in [6, 6.07) is 7.95. The van der Waals surface area contributed by atoms with Crippen LogP contribution >= 0.6 is 0 Å². The zero-order valence-corrected chi connectivity index (χ0v) is 15.0. The molecule has 1 fully saturated rings. The number of likely N-dealkylation sites (N-methyl/N-ethyl adjacent to an activating group) is 1. The van der Waals surface area contributed by atoms with Crippen molar-refractivity contribution in [3.05, 3.63) is 29.8 Å². The van der Waals surface area contributed by atoms with E-state index in [4.69, 9.17) is 0 Å². The number of para-hydroxylation sites is 1. The maximum Gasteiger partial charge on any atom is 0.238 e. The standard InChI is InChI=1S/C19H27N3O2/c1-13(2)12-22-16-8-6-5-7-14(16)19(18(22)24)11-15(19)17(23)20-9-10-21(3)4/h5-8,13,15H,9-12H2,1-4H3,(H,20,23)/t15-,19+/m1/s1. The average Bonchev–Trinajstić information content (AvgIpc) is 3.23. The predicted octanol–water partition coefficient (Wildman–Crippen LogP) is 1.62. The van der Waals surface area contributed by atoms with Crippen LogP contribution in [0.15, 0.2) is 24.3 Å². The highest BCUT2D eigenvalue weighted by atomic mass is 16.2. The van der Waals surface area contributed by atoms with E-state index < -0.39 is 5.41 Å². The Balaban J connectivity index is 1.79. The van der Waals surface area contributed by atoms with Crippen molar-refractivity contribution in [2.24, 2.45) is 11.8 Å². The Bertz CT molecular complexity index is 656. The van der Waals surface area contributed by atoms with Gasteiger partial charge in [-0.3, -0.25) is 9.59 Å². The molecule has 1 spiro atoms. The van der Waals surface area contributed by atoms with Gasteiger partial charge in [-0.1, -0.05) is 32.0 Å². The SMILES string of the molecule is CC(C)CN1C(=O)[C@@]2(C[C@@H]2C(=O)NCCN(C)C)c2ccccc21. The van der Waals surface area contributed by atoms with Crippen LogP contribution in [-0.4, -0.2) is 50.4 Å². The molecule has 0 bridgehead atoms. The van der Waals surface area contributed by atoms with E-state index in [0.717, 1.165) is 17.8 Å². The van der Waals surface area contributed by atoms with Crippen molar-refractivity contribution in [1.29, 1.82) is 0 Å². The number of hydrogen-bond acceptors (Lipinski definition) is 3. The van der Waals surface area contributed by atoms with Crippen LogP contribution in [0.5, 0.6) is 0 Å². The van der Waals surface area contributed by atoms with E-state index in [1.807, 2.05) is 48.2 Å². The topological polar surface area (TPSA) is 52.7 Å². The summed E-state index contributed by atoms with van der Waals surface area (Å²) in [6.45, 7) is 6.34. The van der Waals surface area contributed by atoms with Gasteiger partial charge in [-0.2, -0.15) is 0 Å². The fourth-order valence-electron chi connectivity index (χ4n) is 3.74. The molecule has 1 saturated carbocycles. The minimum absolute atomic E-state index is 0.00593. The first kappa shape index (κ1) is 17.0. The van der Waals surface area contributed by atoms with E-state index in [2.05, 4.69) is 19.2 Å². The van der Waals surface area contributed by atoms with Gasteiger partial charge in [0.05, 0.1) is 11.3 Å². The van der Waals surface area contributed by atoms with Crippen LogP contribution in [-0.2, 0) is 15.0 Å². The molecule has 5 heteroatoms. The van der Waals surface area contributed by atoms with Crippen molar-refractivity contribution in [3.63, 3.8) is 0 Å². The second-order valence-electron chi connectivity index (χ2n) is 7.65. The van der Waals surface area contributed by atoms with E-state index in [0.29, 0.717) is 25.4 Å². The highest BCUT2D eigenvalue weighted by molar-refractivity contribution is 6.14. The monoisotopic (exact) mass is 329 g/mol. The summed E-state index contributed by atoms with van der Waals surface area (Å²) >= 11 is 0. The lowest BCUT2D eigenvalue weighted by Crippen LogP contribution is -2.39. The average molecular weight is 329 g/mol. The van der Waals surface area contributed by atoms with E-state index in [9.17, 15) is 9.59 Å². The lowest BCUT2D eigenvalue weighted by Gasteiger charge is -2.20. The van der Waals surface area contributed by atoms with Gasteiger partial charge in [0, 0.05) is 25.3 Å². The third kappa shape index (κ3) is 2.71. The van der Waals surface area contributed by atoms with Gasteiger partial charge in [-0.15, -0.1) is 0 Å². The predicted molar refractivity (Wildman–Crippen MR) is 95.0 cm³/mol. The lowest BCUT2D eigenvalue weighted by atomic mass is 9.94. The molecule has 1 heterocycles. The molecule has 1 aliphatic carbocycles. The Morgan fingerprint density at radius 3 is 2.75 bits per heavy atom. The first-order chi connectivity index (χ1) is 11.4. The molecule has 0 radical (unpaired) electrons. The molecule has 0 saturated heterocycles. The lowest BCUT2D eigenvalue weighted by molar-refractivity contribution is -0.126. The normalized spacial score (nSPS) is 24.8. The van der Waals surface area contributed by atoms with Crippen LogP contribution < -0.4 is 10.2 Å². The molecule has 24 heavy (non-hydrogen) atoms. The molecular formula is C19H27N3O2.